The summed E-state index contributed by atoms with van der Waals surface area (Å²) in [7, 11) is 3.16. The molecule has 0 saturated carbocycles. The summed E-state index contributed by atoms with van der Waals surface area (Å²) in [5.74, 6) is 1.02. The van der Waals surface area contributed by atoms with E-state index >= 15 is 0 Å². The minimum absolute atomic E-state index is 0.122. The van der Waals surface area contributed by atoms with Crippen molar-refractivity contribution in [2.75, 3.05) is 26.1 Å². The summed E-state index contributed by atoms with van der Waals surface area (Å²) in [5.41, 5.74) is 4.99. The summed E-state index contributed by atoms with van der Waals surface area (Å²) in [6.07, 6.45) is 0. The molecule has 0 aliphatic rings. The summed E-state index contributed by atoms with van der Waals surface area (Å²) in [4.78, 5) is 12.2. The minimum Gasteiger partial charge on any atom is -0.493 e. The fourth-order valence-electron chi connectivity index (χ4n) is 2.87. The molecule has 1 amide bonds. The number of hydrogen-bond acceptors (Lipinski definition) is 5. The molecule has 28 heavy (non-hydrogen) atoms. The van der Waals surface area contributed by atoms with Crippen LogP contribution in [0.4, 0.5) is 5.69 Å². The molecule has 0 atom stereocenters. The first-order chi connectivity index (χ1) is 13.6. The van der Waals surface area contributed by atoms with Gasteiger partial charge in [0, 0.05) is 16.6 Å². The highest BCUT2D eigenvalue weighted by molar-refractivity contribution is 6.00. The van der Waals surface area contributed by atoms with Gasteiger partial charge in [-0.25, -0.2) is 5.43 Å². The van der Waals surface area contributed by atoms with Gasteiger partial charge in [0.2, 0.25) is 0 Å². The van der Waals surface area contributed by atoms with E-state index in [2.05, 4.69) is 15.8 Å². The molecule has 3 rings (SSSR count). The van der Waals surface area contributed by atoms with Crippen LogP contribution in [0.5, 0.6) is 11.5 Å². The zero-order valence-corrected chi connectivity index (χ0v) is 16.2. The third kappa shape index (κ3) is 4.40. The van der Waals surface area contributed by atoms with Gasteiger partial charge in [0.25, 0.3) is 5.91 Å². The minimum atomic E-state index is -0.229. The molecular weight excluding hydrogens is 354 g/mol. The van der Waals surface area contributed by atoms with Crippen LogP contribution in [0.3, 0.4) is 0 Å². The van der Waals surface area contributed by atoms with Crippen molar-refractivity contribution in [3.63, 3.8) is 0 Å². The molecule has 0 fully saturated rings. The highest BCUT2D eigenvalue weighted by Gasteiger charge is 2.08. The van der Waals surface area contributed by atoms with Gasteiger partial charge in [0.15, 0.2) is 11.5 Å². The van der Waals surface area contributed by atoms with Crippen LogP contribution < -0.4 is 20.2 Å². The first-order valence-electron chi connectivity index (χ1n) is 8.89. The number of hydrogen-bond donors (Lipinski definition) is 2. The van der Waals surface area contributed by atoms with E-state index in [9.17, 15) is 4.79 Å². The van der Waals surface area contributed by atoms with E-state index < -0.39 is 0 Å². The number of nitrogens with one attached hydrogen (secondary N) is 2. The average molecular weight is 377 g/mol. The SMILES string of the molecule is COc1ccc(/C(C)=N\NC(=O)CNc2cccc3ccccc23)cc1OC. The Morgan fingerprint density at radius 1 is 0.964 bits per heavy atom. The number of hydrazone groups is 1. The van der Waals surface area contributed by atoms with Crippen molar-refractivity contribution >= 4 is 28.1 Å². The molecule has 0 spiro atoms. The summed E-state index contributed by atoms with van der Waals surface area (Å²) < 4.78 is 10.5. The first-order valence-corrected chi connectivity index (χ1v) is 8.89. The molecular formula is C22H23N3O3. The van der Waals surface area contributed by atoms with Crippen LogP contribution in [0.1, 0.15) is 12.5 Å². The van der Waals surface area contributed by atoms with Crippen LogP contribution in [0.25, 0.3) is 10.8 Å². The highest BCUT2D eigenvalue weighted by atomic mass is 16.5. The Labute approximate surface area is 164 Å². The lowest BCUT2D eigenvalue weighted by molar-refractivity contribution is -0.119. The van der Waals surface area contributed by atoms with Crippen molar-refractivity contribution in [2.45, 2.75) is 6.92 Å². The Balaban J connectivity index is 1.63. The molecule has 0 saturated heterocycles. The van der Waals surface area contributed by atoms with Gasteiger partial charge in [-0.1, -0.05) is 36.4 Å². The monoisotopic (exact) mass is 377 g/mol. The normalized spacial score (nSPS) is 11.2. The van der Waals surface area contributed by atoms with Crippen molar-refractivity contribution in [1.82, 2.24) is 5.43 Å². The van der Waals surface area contributed by atoms with Crippen molar-refractivity contribution < 1.29 is 14.3 Å². The molecule has 0 aliphatic carbocycles. The number of benzene rings is 3. The van der Waals surface area contributed by atoms with Gasteiger partial charge >= 0.3 is 0 Å². The Bertz CT molecular complexity index is 1010. The molecule has 0 radical (unpaired) electrons. The Kier molecular flexibility index (Phi) is 6.11. The van der Waals surface area contributed by atoms with E-state index in [0.717, 1.165) is 22.0 Å². The Morgan fingerprint density at radius 3 is 2.50 bits per heavy atom. The fourth-order valence-corrected chi connectivity index (χ4v) is 2.87. The van der Waals surface area contributed by atoms with Gasteiger partial charge in [-0.15, -0.1) is 0 Å². The lowest BCUT2D eigenvalue weighted by Crippen LogP contribution is -2.26. The number of methoxy groups -OCH3 is 2. The molecule has 0 unspecified atom stereocenters. The zero-order valence-electron chi connectivity index (χ0n) is 16.2. The molecule has 6 heteroatoms. The molecule has 3 aromatic carbocycles. The first kappa shape index (κ1) is 19.2. The van der Waals surface area contributed by atoms with Gasteiger partial charge in [-0.05, 0) is 36.6 Å². The number of fused-ring (bicyclic) bond motifs is 1. The van der Waals surface area contributed by atoms with E-state index in [-0.39, 0.29) is 12.5 Å². The summed E-state index contributed by atoms with van der Waals surface area (Å²) >= 11 is 0. The van der Waals surface area contributed by atoms with E-state index in [4.69, 9.17) is 9.47 Å². The molecule has 6 nitrogen and oxygen atoms in total. The standard InChI is InChI=1S/C22H23N3O3/c1-15(17-11-12-20(27-2)21(13-17)28-3)24-25-22(26)14-23-19-10-6-8-16-7-4-5-9-18(16)19/h4-13,23H,14H2,1-3H3,(H,25,26)/b24-15-. The Morgan fingerprint density at radius 2 is 1.71 bits per heavy atom. The van der Waals surface area contributed by atoms with Crippen LogP contribution in [-0.4, -0.2) is 32.4 Å². The molecule has 144 valence electrons. The molecule has 0 heterocycles. The second-order valence-corrected chi connectivity index (χ2v) is 6.18. The van der Waals surface area contributed by atoms with Crippen molar-refractivity contribution in [3.05, 3.63) is 66.2 Å². The quantitative estimate of drug-likeness (QED) is 0.485. The summed E-state index contributed by atoms with van der Waals surface area (Å²) in [6.45, 7) is 1.94. The van der Waals surface area contributed by atoms with Crippen molar-refractivity contribution in [2.24, 2.45) is 5.10 Å². The van der Waals surface area contributed by atoms with Crippen LogP contribution >= 0.6 is 0 Å². The topological polar surface area (TPSA) is 72.0 Å². The number of carbonyl (C=O) groups excluding carboxylic acids is 1. The van der Waals surface area contributed by atoms with Gasteiger partial charge in [0.1, 0.15) is 0 Å². The number of anilines is 1. The number of nitrogens with zero attached hydrogens (tertiary/aromatic N) is 1. The highest BCUT2D eigenvalue weighted by Crippen LogP contribution is 2.27. The van der Waals surface area contributed by atoms with Gasteiger partial charge in [-0.3, -0.25) is 4.79 Å². The molecule has 0 bridgehead atoms. The number of ether oxygens (including phenoxy) is 2. The number of rotatable bonds is 7. The van der Waals surface area contributed by atoms with Crippen LogP contribution in [0, 0.1) is 0 Å². The van der Waals surface area contributed by atoms with Gasteiger partial charge in [-0.2, -0.15) is 5.10 Å². The number of amides is 1. The smallest absolute Gasteiger partial charge is 0.259 e. The van der Waals surface area contributed by atoms with Crippen molar-refractivity contribution in [3.8, 4) is 11.5 Å². The number of carbonyl (C=O) groups is 1. The second kappa shape index (κ2) is 8.90. The lowest BCUT2D eigenvalue weighted by atomic mass is 10.1. The molecule has 0 aliphatic heterocycles. The summed E-state index contributed by atoms with van der Waals surface area (Å²) in [5, 5.41) is 9.54. The van der Waals surface area contributed by atoms with Crippen molar-refractivity contribution in [1.29, 1.82) is 0 Å². The predicted molar refractivity (Wildman–Crippen MR) is 112 cm³/mol. The maximum Gasteiger partial charge on any atom is 0.259 e. The lowest BCUT2D eigenvalue weighted by Gasteiger charge is -2.10. The maximum atomic E-state index is 12.2. The predicted octanol–water partition coefficient (Wildman–Crippen LogP) is 3.81. The third-order valence-electron chi connectivity index (χ3n) is 4.38. The van der Waals surface area contributed by atoms with Gasteiger partial charge in [0.05, 0.1) is 26.5 Å². The average Bonchev–Trinajstić information content (AvgIpc) is 2.75. The zero-order chi connectivity index (χ0) is 19.9. The van der Waals surface area contributed by atoms with Crippen LogP contribution in [0.15, 0.2) is 65.8 Å². The van der Waals surface area contributed by atoms with E-state index in [1.165, 1.54) is 0 Å². The second-order valence-electron chi connectivity index (χ2n) is 6.18. The third-order valence-corrected chi connectivity index (χ3v) is 4.38. The Hall–Kier alpha value is -3.54. The molecule has 0 aromatic heterocycles. The maximum absolute atomic E-state index is 12.2. The molecule has 2 N–H and O–H groups in total. The van der Waals surface area contributed by atoms with Crippen LogP contribution in [-0.2, 0) is 4.79 Å². The van der Waals surface area contributed by atoms with E-state index in [1.54, 1.807) is 20.3 Å². The largest absolute Gasteiger partial charge is 0.493 e. The van der Waals surface area contributed by atoms with E-state index in [1.807, 2.05) is 61.5 Å². The van der Waals surface area contributed by atoms with E-state index in [0.29, 0.717) is 17.2 Å². The fraction of sp³-hybridized carbons (Fsp3) is 0.182. The summed E-state index contributed by atoms with van der Waals surface area (Å²) in [6, 6.07) is 19.5. The molecule has 3 aromatic rings. The van der Waals surface area contributed by atoms with Gasteiger partial charge < -0.3 is 14.8 Å². The van der Waals surface area contributed by atoms with Crippen LogP contribution in [0.2, 0.25) is 0 Å².